The van der Waals surface area contributed by atoms with Crippen molar-refractivity contribution in [1.82, 2.24) is 5.32 Å². The van der Waals surface area contributed by atoms with E-state index in [-0.39, 0.29) is 11.9 Å². The maximum absolute atomic E-state index is 13.4. The lowest BCUT2D eigenvalue weighted by molar-refractivity contribution is 0.450. The van der Waals surface area contributed by atoms with Crippen molar-refractivity contribution in [2.24, 2.45) is 0 Å². The number of rotatable bonds is 4. The molecule has 1 atom stereocenters. The average molecular weight is 247 g/mol. The van der Waals surface area contributed by atoms with E-state index >= 15 is 0 Å². The molecule has 96 valence electrons. The number of benzene rings is 1. The van der Waals surface area contributed by atoms with Crippen LogP contribution in [-0.4, -0.2) is 6.54 Å². The molecule has 1 aromatic heterocycles. The van der Waals surface area contributed by atoms with Crippen LogP contribution in [0.2, 0.25) is 0 Å². The van der Waals surface area contributed by atoms with Gasteiger partial charge < -0.3 is 9.73 Å². The molecule has 0 aliphatic heterocycles. The van der Waals surface area contributed by atoms with Gasteiger partial charge in [-0.2, -0.15) is 0 Å². The molecule has 0 radical (unpaired) electrons. The van der Waals surface area contributed by atoms with Crippen LogP contribution in [0, 0.1) is 19.7 Å². The summed E-state index contributed by atoms with van der Waals surface area (Å²) in [7, 11) is 0. The van der Waals surface area contributed by atoms with Crippen molar-refractivity contribution in [1.29, 1.82) is 0 Å². The Balaban J connectivity index is 2.49. The molecular formula is C15H18FNO. The van der Waals surface area contributed by atoms with Crippen LogP contribution in [0.15, 0.2) is 34.9 Å². The van der Waals surface area contributed by atoms with E-state index in [4.69, 9.17) is 4.42 Å². The molecule has 3 heteroatoms. The monoisotopic (exact) mass is 247 g/mol. The Morgan fingerprint density at radius 2 is 1.94 bits per heavy atom. The highest BCUT2D eigenvalue weighted by Gasteiger charge is 2.20. The van der Waals surface area contributed by atoms with Gasteiger partial charge >= 0.3 is 0 Å². The first kappa shape index (κ1) is 12.8. The van der Waals surface area contributed by atoms with Gasteiger partial charge in [0.05, 0.1) is 12.3 Å². The van der Waals surface area contributed by atoms with Crippen molar-refractivity contribution in [2.75, 3.05) is 6.54 Å². The SMILES string of the molecule is CCNC(c1ccco1)c1c(C)cc(F)cc1C. The molecule has 0 amide bonds. The van der Waals surface area contributed by atoms with E-state index in [1.54, 1.807) is 18.4 Å². The van der Waals surface area contributed by atoms with Crippen LogP contribution >= 0.6 is 0 Å². The largest absolute Gasteiger partial charge is 0.467 e. The maximum Gasteiger partial charge on any atom is 0.125 e. The topological polar surface area (TPSA) is 25.2 Å². The highest BCUT2D eigenvalue weighted by molar-refractivity contribution is 5.40. The van der Waals surface area contributed by atoms with E-state index in [9.17, 15) is 4.39 Å². The van der Waals surface area contributed by atoms with E-state index in [1.807, 2.05) is 32.9 Å². The Kier molecular flexibility index (Phi) is 3.82. The minimum atomic E-state index is -0.191. The zero-order valence-corrected chi connectivity index (χ0v) is 11.0. The molecule has 1 N–H and O–H groups in total. The molecule has 18 heavy (non-hydrogen) atoms. The molecule has 2 aromatic rings. The van der Waals surface area contributed by atoms with Gasteiger partial charge in [0.1, 0.15) is 11.6 Å². The first-order valence-corrected chi connectivity index (χ1v) is 6.17. The highest BCUT2D eigenvalue weighted by Crippen LogP contribution is 2.28. The zero-order chi connectivity index (χ0) is 13.1. The van der Waals surface area contributed by atoms with Gasteiger partial charge in [0.25, 0.3) is 0 Å². The normalized spacial score (nSPS) is 12.7. The standard InChI is InChI=1S/C15H18FNO/c1-4-17-15(13-6-5-7-18-13)14-10(2)8-12(16)9-11(14)3/h5-9,15,17H,4H2,1-3H3. The second kappa shape index (κ2) is 5.36. The summed E-state index contributed by atoms with van der Waals surface area (Å²) < 4.78 is 18.8. The quantitative estimate of drug-likeness (QED) is 0.890. The molecule has 1 heterocycles. The summed E-state index contributed by atoms with van der Waals surface area (Å²) in [6, 6.07) is 6.92. The van der Waals surface area contributed by atoms with E-state index in [2.05, 4.69) is 5.32 Å². The maximum atomic E-state index is 13.4. The predicted molar refractivity (Wildman–Crippen MR) is 70.1 cm³/mol. The molecular weight excluding hydrogens is 229 g/mol. The average Bonchev–Trinajstić information content (AvgIpc) is 2.79. The molecule has 0 saturated carbocycles. The Labute approximate surface area is 107 Å². The summed E-state index contributed by atoms with van der Waals surface area (Å²) >= 11 is 0. The minimum Gasteiger partial charge on any atom is -0.467 e. The number of hydrogen-bond acceptors (Lipinski definition) is 2. The summed E-state index contributed by atoms with van der Waals surface area (Å²) in [5.74, 6) is 0.665. The van der Waals surface area contributed by atoms with Gasteiger partial charge in [-0.3, -0.25) is 0 Å². The first-order chi connectivity index (χ1) is 8.63. The van der Waals surface area contributed by atoms with Gasteiger partial charge in [0.2, 0.25) is 0 Å². The van der Waals surface area contributed by atoms with Crippen LogP contribution in [0.4, 0.5) is 4.39 Å². The van der Waals surface area contributed by atoms with Crippen molar-refractivity contribution in [2.45, 2.75) is 26.8 Å². The molecule has 1 aromatic carbocycles. The Morgan fingerprint density at radius 3 is 2.44 bits per heavy atom. The molecule has 1 unspecified atom stereocenters. The van der Waals surface area contributed by atoms with Gasteiger partial charge in [-0.1, -0.05) is 6.92 Å². The Bertz CT molecular complexity index is 496. The molecule has 0 saturated heterocycles. The number of nitrogens with one attached hydrogen (secondary N) is 1. The summed E-state index contributed by atoms with van der Waals surface area (Å²) in [6.07, 6.45) is 1.66. The fourth-order valence-electron chi connectivity index (χ4n) is 2.38. The van der Waals surface area contributed by atoms with Crippen LogP contribution in [0.1, 0.15) is 35.4 Å². The minimum absolute atomic E-state index is 0.0226. The van der Waals surface area contributed by atoms with Gasteiger partial charge in [-0.25, -0.2) is 4.39 Å². The summed E-state index contributed by atoms with van der Waals surface area (Å²) in [5, 5.41) is 3.39. The molecule has 0 aliphatic carbocycles. The Morgan fingerprint density at radius 1 is 1.28 bits per heavy atom. The summed E-state index contributed by atoms with van der Waals surface area (Å²) in [4.78, 5) is 0. The van der Waals surface area contributed by atoms with Crippen LogP contribution in [0.25, 0.3) is 0 Å². The van der Waals surface area contributed by atoms with Crippen molar-refractivity contribution < 1.29 is 8.81 Å². The molecule has 0 fully saturated rings. The van der Waals surface area contributed by atoms with Crippen molar-refractivity contribution in [3.8, 4) is 0 Å². The zero-order valence-electron chi connectivity index (χ0n) is 11.0. The number of hydrogen-bond donors (Lipinski definition) is 1. The van der Waals surface area contributed by atoms with Crippen molar-refractivity contribution >= 4 is 0 Å². The van der Waals surface area contributed by atoms with Gasteiger partial charge in [-0.15, -0.1) is 0 Å². The van der Waals surface area contributed by atoms with Gasteiger partial charge in [0, 0.05) is 0 Å². The third kappa shape index (κ3) is 2.46. The molecule has 2 rings (SSSR count). The fraction of sp³-hybridized carbons (Fsp3) is 0.333. The van der Waals surface area contributed by atoms with E-state index < -0.39 is 0 Å². The lowest BCUT2D eigenvalue weighted by Crippen LogP contribution is -2.23. The molecule has 2 nitrogen and oxygen atoms in total. The third-order valence-electron chi connectivity index (χ3n) is 3.08. The van der Waals surface area contributed by atoms with Crippen LogP contribution in [-0.2, 0) is 0 Å². The first-order valence-electron chi connectivity index (χ1n) is 6.17. The van der Waals surface area contributed by atoms with Crippen molar-refractivity contribution in [3.05, 3.63) is 58.8 Å². The Hall–Kier alpha value is -1.61. The van der Waals surface area contributed by atoms with Gasteiger partial charge in [-0.05, 0) is 61.3 Å². The van der Waals surface area contributed by atoms with Crippen LogP contribution in [0.5, 0.6) is 0 Å². The number of aryl methyl sites for hydroxylation is 2. The third-order valence-corrected chi connectivity index (χ3v) is 3.08. The second-order valence-electron chi connectivity index (χ2n) is 4.46. The lowest BCUT2D eigenvalue weighted by atomic mass is 9.94. The summed E-state index contributed by atoms with van der Waals surface area (Å²) in [5.41, 5.74) is 2.97. The van der Waals surface area contributed by atoms with Crippen LogP contribution in [0.3, 0.4) is 0 Å². The summed E-state index contributed by atoms with van der Waals surface area (Å²) in [6.45, 7) is 6.73. The van der Waals surface area contributed by atoms with Crippen LogP contribution < -0.4 is 5.32 Å². The van der Waals surface area contributed by atoms with E-state index in [1.165, 1.54) is 0 Å². The smallest absolute Gasteiger partial charge is 0.125 e. The highest BCUT2D eigenvalue weighted by atomic mass is 19.1. The second-order valence-corrected chi connectivity index (χ2v) is 4.46. The number of halogens is 1. The van der Waals surface area contributed by atoms with Crippen molar-refractivity contribution in [3.63, 3.8) is 0 Å². The van der Waals surface area contributed by atoms with E-state index in [0.717, 1.165) is 29.0 Å². The van der Waals surface area contributed by atoms with Gasteiger partial charge in [0.15, 0.2) is 0 Å². The fourth-order valence-corrected chi connectivity index (χ4v) is 2.38. The molecule has 0 bridgehead atoms. The molecule has 0 aliphatic rings. The van der Waals surface area contributed by atoms with E-state index in [0.29, 0.717) is 0 Å². The lowest BCUT2D eigenvalue weighted by Gasteiger charge is -2.20. The predicted octanol–water partition coefficient (Wildman–Crippen LogP) is 3.73. The number of furan rings is 1. The molecule has 0 spiro atoms.